The van der Waals surface area contributed by atoms with Crippen molar-refractivity contribution < 1.29 is 17.6 Å². The first-order valence-corrected chi connectivity index (χ1v) is 9.97. The van der Waals surface area contributed by atoms with Crippen LogP contribution < -0.4 is 5.32 Å². The first-order valence-electron chi connectivity index (χ1n) is 7.70. The molecule has 2 aromatic carbocycles. The molecule has 1 amide bonds. The second-order valence-electron chi connectivity index (χ2n) is 5.55. The minimum absolute atomic E-state index is 0.0778. The molecule has 3 aromatic rings. The Balaban J connectivity index is 1.69. The summed E-state index contributed by atoms with van der Waals surface area (Å²) in [6, 6.07) is 13.0. The number of benzene rings is 2. The summed E-state index contributed by atoms with van der Waals surface area (Å²) in [5, 5.41) is 10.6. The van der Waals surface area contributed by atoms with E-state index in [1.165, 1.54) is 18.2 Å². The van der Waals surface area contributed by atoms with E-state index in [2.05, 4.69) is 15.5 Å². The number of nitrogens with one attached hydrogen (secondary N) is 1. The van der Waals surface area contributed by atoms with E-state index in [4.69, 9.17) is 16.0 Å². The molecule has 0 aliphatic carbocycles. The average molecular weight is 404 g/mol. The molecule has 0 saturated carbocycles. The largest absolute Gasteiger partial charge is 0.403 e. The predicted molar refractivity (Wildman–Crippen MR) is 102 cm³/mol. The molecular weight excluding hydrogens is 390 g/mol. The van der Waals surface area contributed by atoms with E-state index in [1.54, 1.807) is 36.4 Å². The maximum atomic E-state index is 12.0. The highest BCUT2D eigenvalue weighted by atomic mass is 35.5. The fraction of sp³-hybridized carbons (Fsp3) is 0.0556. The van der Waals surface area contributed by atoms with Crippen molar-refractivity contribution >= 4 is 39.4 Å². The van der Waals surface area contributed by atoms with Crippen molar-refractivity contribution in [2.24, 2.45) is 0 Å². The van der Waals surface area contributed by atoms with Crippen LogP contribution >= 0.6 is 11.6 Å². The van der Waals surface area contributed by atoms with Crippen LogP contribution in [0.1, 0.15) is 5.56 Å². The molecule has 1 N–H and O–H groups in total. The number of rotatable bonds is 5. The lowest BCUT2D eigenvalue weighted by atomic mass is 10.2. The molecule has 0 bridgehead atoms. The lowest BCUT2D eigenvalue weighted by molar-refractivity contribution is -0.112. The molecule has 0 aliphatic heterocycles. The van der Waals surface area contributed by atoms with Gasteiger partial charge in [-0.3, -0.25) is 10.1 Å². The normalized spacial score (nSPS) is 11.6. The zero-order valence-electron chi connectivity index (χ0n) is 14.1. The number of hydrogen-bond donors (Lipinski definition) is 1. The fourth-order valence-corrected chi connectivity index (χ4v) is 2.99. The van der Waals surface area contributed by atoms with Crippen LogP contribution in [-0.4, -0.2) is 30.8 Å². The number of carbonyl (C=O) groups excluding carboxylic acids is 1. The average Bonchev–Trinajstić information content (AvgIpc) is 3.09. The van der Waals surface area contributed by atoms with Gasteiger partial charge in [-0.15, -0.1) is 5.10 Å². The molecule has 0 unspecified atom stereocenters. The molecule has 9 heteroatoms. The Labute approximate surface area is 160 Å². The van der Waals surface area contributed by atoms with E-state index in [-0.39, 0.29) is 16.8 Å². The summed E-state index contributed by atoms with van der Waals surface area (Å²) < 4.78 is 28.3. The zero-order valence-corrected chi connectivity index (χ0v) is 15.7. The van der Waals surface area contributed by atoms with Crippen molar-refractivity contribution in [3.8, 4) is 11.5 Å². The van der Waals surface area contributed by atoms with Gasteiger partial charge in [-0.25, -0.2) is 8.42 Å². The number of anilines is 1. The van der Waals surface area contributed by atoms with Crippen LogP contribution in [0.5, 0.6) is 0 Å². The molecule has 1 heterocycles. The van der Waals surface area contributed by atoms with E-state index >= 15 is 0 Å². The second-order valence-corrected chi connectivity index (χ2v) is 7.98. The Morgan fingerprint density at radius 3 is 2.48 bits per heavy atom. The molecule has 7 nitrogen and oxygen atoms in total. The standard InChI is InChI=1S/C18H14ClN3O4S/c1-27(24,25)14-9-6-13(7-10-14)17-21-22-18(26-17)20-16(23)11-8-12-4-2-3-5-15(12)19/h2-11H,1H3,(H,20,22,23)/b11-8+. The van der Waals surface area contributed by atoms with E-state index < -0.39 is 15.7 Å². The topological polar surface area (TPSA) is 102 Å². The molecule has 0 spiro atoms. The third kappa shape index (κ3) is 4.81. The minimum atomic E-state index is -3.29. The Hall–Kier alpha value is -2.97. The molecule has 0 aliphatic rings. The zero-order chi connectivity index (χ0) is 19.4. The van der Waals surface area contributed by atoms with Gasteiger partial charge in [0.25, 0.3) is 5.91 Å². The highest BCUT2D eigenvalue weighted by molar-refractivity contribution is 7.90. The van der Waals surface area contributed by atoms with Gasteiger partial charge in [-0.2, -0.15) is 0 Å². The van der Waals surface area contributed by atoms with Crippen molar-refractivity contribution in [2.45, 2.75) is 4.90 Å². The summed E-state index contributed by atoms with van der Waals surface area (Å²) >= 11 is 6.02. The van der Waals surface area contributed by atoms with Crippen LogP contribution in [0, 0.1) is 0 Å². The van der Waals surface area contributed by atoms with Crippen LogP contribution in [0.2, 0.25) is 5.02 Å². The van der Waals surface area contributed by atoms with Gasteiger partial charge < -0.3 is 4.42 Å². The van der Waals surface area contributed by atoms with Crippen LogP contribution in [0.25, 0.3) is 17.5 Å². The van der Waals surface area contributed by atoms with Crippen molar-refractivity contribution in [1.82, 2.24) is 10.2 Å². The lowest BCUT2D eigenvalue weighted by Gasteiger charge is -1.99. The molecule has 1 aromatic heterocycles. The number of amides is 1. The molecule has 0 atom stereocenters. The maximum Gasteiger partial charge on any atom is 0.322 e. The van der Waals surface area contributed by atoms with Crippen molar-refractivity contribution in [2.75, 3.05) is 11.6 Å². The smallest absolute Gasteiger partial charge is 0.322 e. The van der Waals surface area contributed by atoms with E-state index in [0.717, 1.165) is 6.26 Å². The fourth-order valence-electron chi connectivity index (χ4n) is 2.16. The Kier molecular flexibility index (Phi) is 5.38. The Morgan fingerprint density at radius 1 is 1.11 bits per heavy atom. The van der Waals surface area contributed by atoms with Gasteiger partial charge in [-0.1, -0.05) is 34.9 Å². The summed E-state index contributed by atoms with van der Waals surface area (Å²) in [7, 11) is -3.29. The van der Waals surface area contributed by atoms with Crippen LogP contribution in [0.15, 0.2) is 63.9 Å². The van der Waals surface area contributed by atoms with Crippen molar-refractivity contribution in [3.63, 3.8) is 0 Å². The summed E-state index contributed by atoms with van der Waals surface area (Å²) in [5.74, 6) is -0.307. The van der Waals surface area contributed by atoms with E-state index in [0.29, 0.717) is 16.1 Å². The molecule has 0 radical (unpaired) electrons. The monoisotopic (exact) mass is 403 g/mol. The number of hydrogen-bond acceptors (Lipinski definition) is 6. The SMILES string of the molecule is CS(=O)(=O)c1ccc(-c2nnc(NC(=O)/C=C/c3ccccc3Cl)o2)cc1. The first kappa shape index (κ1) is 18.8. The van der Waals surface area contributed by atoms with Gasteiger partial charge in [0.1, 0.15) is 0 Å². The number of aromatic nitrogens is 2. The predicted octanol–water partition coefficient (Wildman–Crippen LogP) is 3.45. The van der Waals surface area contributed by atoms with Crippen molar-refractivity contribution in [3.05, 3.63) is 65.2 Å². The maximum absolute atomic E-state index is 12.0. The molecule has 3 rings (SSSR count). The number of nitrogens with zero attached hydrogens (tertiary/aromatic N) is 2. The molecule has 0 saturated heterocycles. The summed E-state index contributed by atoms with van der Waals surface area (Å²) in [6.07, 6.45) is 3.99. The van der Waals surface area contributed by atoms with Gasteiger partial charge in [-0.05, 0) is 42.0 Å². The van der Waals surface area contributed by atoms with E-state index in [9.17, 15) is 13.2 Å². The Morgan fingerprint density at radius 2 is 1.81 bits per heavy atom. The van der Waals surface area contributed by atoms with Crippen LogP contribution in [0.3, 0.4) is 0 Å². The summed E-state index contributed by atoms with van der Waals surface area (Å²) in [6.45, 7) is 0. The lowest BCUT2D eigenvalue weighted by Crippen LogP contribution is -2.07. The molecule has 138 valence electrons. The molecule has 27 heavy (non-hydrogen) atoms. The first-order chi connectivity index (χ1) is 12.8. The molecule has 0 fully saturated rings. The Bertz CT molecular complexity index is 1110. The van der Waals surface area contributed by atoms with Gasteiger partial charge >= 0.3 is 6.01 Å². The third-order valence-corrected chi connectivity index (χ3v) is 4.98. The summed E-state index contributed by atoms with van der Waals surface area (Å²) in [5.41, 5.74) is 1.23. The second kappa shape index (κ2) is 7.73. The summed E-state index contributed by atoms with van der Waals surface area (Å²) in [4.78, 5) is 12.1. The number of carbonyl (C=O) groups is 1. The van der Waals surface area contributed by atoms with E-state index in [1.807, 2.05) is 6.07 Å². The highest BCUT2D eigenvalue weighted by Gasteiger charge is 2.12. The third-order valence-electron chi connectivity index (χ3n) is 3.50. The quantitative estimate of drug-likeness (QED) is 0.654. The number of sulfone groups is 1. The van der Waals surface area contributed by atoms with Crippen LogP contribution in [-0.2, 0) is 14.6 Å². The number of halogens is 1. The minimum Gasteiger partial charge on any atom is -0.403 e. The van der Waals surface area contributed by atoms with Gasteiger partial charge in [0.05, 0.1) is 4.90 Å². The van der Waals surface area contributed by atoms with Gasteiger partial charge in [0.15, 0.2) is 9.84 Å². The van der Waals surface area contributed by atoms with Crippen LogP contribution in [0.4, 0.5) is 6.01 Å². The molecular formula is C18H14ClN3O4S. The van der Waals surface area contributed by atoms with Gasteiger partial charge in [0, 0.05) is 22.9 Å². The van der Waals surface area contributed by atoms with Crippen molar-refractivity contribution in [1.29, 1.82) is 0 Å². The highest BCUT2D eigenvalue weighted by Crippen LogP contribution is 2.22. The van der Waals surface area contributed by atoms with Gasteiger partial charge in [0.2, 0.25) is 5.89 Å².